The Labute approximate surface area is 142 Å². The van der Waals surface area contributed by atoms with Crippen molar-refractivity contribution in [2.45, 2.75) is 64.3 Å². The molecule has 1 aliphatic heterocycles. The quantitative estimate of drug-likeness (QED) is 0.832. The molecule has 1 saturated heterocycles. The summed E-state index contributed by atoms with van der Waals surface area (Å²) >= 11 is 0. The number of aryl methyl sites for hydroxylation is 1. The van der Waals surface area contributed by atoms with Crippen LogP contribution in [0.1, 0.15) is 73.8 Å². The molecule has 1 N–H and O–H groups in total. The van der Waals surface area contributed by atoms with Crippen molar-refractivity contribution in [1.29, 1.82) is 0 Å². The van der Waals surface area contributed by atoms with Crippen molar-refractivity contribution in [1.82, 2.24) is 14.7 Å². The second-order valence-electron chi connectivity index (χ2n) is 7.13. The fraction of sp³-hybridized carbons (Fsp3) is 0.722. The van der Waals surface area contributed by atoms with Gasteiger partial charge in [-0.2, -0.15) is 5.10 Å². The first-order chi connectivity index (χ1) is 11.6. The van der Waals surface area contributed by atoms with E-state index < -0.39 is 5.97 Å². The molecule has 6 nitrogen and oxygen atoms in total. The van der Waals surface area contributed by atoms with Gasteiger partial charge >= 0.3 is 5.97 Å². The van der Waals surface area contributed by atoms with E-state index in [1.54, 1.807) is 6.20 Å². The summed E-state index contributed by atoms with van der Waals surface area (Å²) in [5.41, 5.74) is 1.89. The molecule has 2 heterocycles. The number of rotatable bonds is 7. The van der Waals surface area contributed by atoms with Crippen molar-refractivity contribution >= 4 is 11.9 Å². The summed E-state index contributed by atoms with van der Waals surface area (Å²) < 4.78 is 2.01. The standard InChI is InChI=1S/C18H27N3O3/c1-2-9-21-17(14-6-7-14)15(11-19-21)18(24)20-10-3-4-13(12-20)5-8-16(22)23/h11,13-14H,2-10,12H2,1H3,(H,22,23). The molecule has 132 valence electrons. The number of carbonyl (C=O) groups is 2. The third kappa shape index (κ3) is 3.79. The Morgan fingerprint density at radius 3 is 2.79 bits per heavy atom. The number of hydrogen-bond acceptors (Lipinski definition) is 3. The number of carbonyl (C=O) groups excluding carboxylic acids is 1. The fourth-order valence-electron chi connectivity index (χ4n) is 3.72. The summed E-state index contributed by atoms with van der Waals surface area (Å²) in [5, 5.41) is 13.3. The van der Waals surface area contributed by atoms with Crippen LogP contribution in [-0.2, 0) is 11.3 Å². The van der Waals surface area contributed by atoms with Crippen LogP contribution in [-0.4, -0.2) is 44.8 Å². The van der Waals surface area contributed by atoms with Crippen molar-refractivity contribution in [3.8, 4) is 0 Å². The maximum atomic E-state index is 13.0. The van der Waals surface area contributed by atoms with Gasteiger partial charge in [-0.3, -0.25) is 14.3 Å². The van der Waals surface area contributed by atoms with Gasteiger partial charge in [-0.1, -0.05) is 6.92 Å². The molecular weight excluding hydrogens is 306 g/mol. The minimum atomic E-state index is -0.754. The third-order valence-corrected chi connectivity index (χ3v) is 5.08. The Morgan fingerprint density at radius 2 is 2.12 bits per heavy atom. The number of piperidine rings is 1. The van der Waals surface area contributed by atoms with Gasteiger partial charge in [0.1, 0.15) is 0 Å². The first kappa shape index (κ1) is 17.0. The van der Waals surface area contributed by atoms with Crippen LogP contribution in [0.3, 0.4) is 0 Å². The van der Waals surface area contributed by atoms with E-state index in [1.165, 1.54) is 0 Å². The molecule has 2 fully saturated rings. The summed E-state index contributed by atoms with van der Waals surface area (Å²) in [5.74, 6) is 0.119. The number of carboxylic acid groups (broad SMARTS) is 1. The van der Waals surface area contributed by atoms with Gasteiger partial charge in [-0.05, 0) is 44.4 Å². The van der Waals surface area contributed by atoms with Gasteiger partial charge in [0.2, 0.25) is 0 Å². The van der Waals surface area contributed by atoms with Crippen LogP contribution in [0.4, 0.5) is 0 Å². The van der Waals surface area contributed by atoms with Crippen LogP contribution in [0.25, 0.3) is 0 Å². The molecule has 0 spiro atoms. The summed E-state index contributed by atoms with van der Waals surface area (Å²) in [6.45, 7) is 4.43. The number of nitrogens with zero attached hydrogens (tertiary/aromatic N) is 3. The van der Waals surface area contributed by atoms with Gasteiger partial charge in [0.25, 0.3) is 5.91 Å². The summed E-state index contributed by atoms with van der Waals surface area (Å²) in [6, 6.07) is 0. The van der Waals surface area contributed by atoms with E-state index in [1.807, 2.05) is 9.58 Å². The number of amides is 1. The number of hydrogen-bond donors (Lipinski definition) is 1. The number of likely N-dealkylation sites (tertiary alicyclic amines) is 1. The van der Waals surface area contributed by atoms with Crippen molar-refractivity contribution < 1.29 is 14.7 Å². The highest BCUT2D eigenvalue weighted by atomic mass is 16.4. The van der Waals surface area contributed by atoms with E-state index in [0.717, 1.165) is 56.5 Å². The van der Waals surface area contributed by atoms with E-state index in [2.05, 4.69) is 12.0 Å². The Balaban J connectivity index is 1.70. The third-order valence-electron chi connectivity index (χ3n) is 5.08. The molecule has 0 aromatic carbocycles. The Bertz CT molecular complexity index is 607. The average Bonchev–Trinajstić information content (AvgIpc) is 3.33. The number of aromatic nitrogens is 2. The Kier molecular flexibility index (Phi) is 5.21. The highest BCUT2D eigenvalue weighted by Gasteiger charge is 2.34. The molecule has 24 heavy (non-hydrogen) atoms. The Hall–Kier alpha value is -1.85. The molecule has 2 aliphatic rings. The largest absolute Gasteiger partial charge is 0.481 e. The molecule has 1 aliphatic carbocycles. The molecule has 0 bridgehead atoms. The van der Waals surface area contributed by atoms with Crippen LogP contribution >= 0.6 is 0 Å². The van der Waals surface area contributed by atoms with E-state index >= 15 is 0 Å². The van der Waals surface area contributed by atoms with Crippen LogP contribution in [0.5, 0.6) is 0 Å². The molecule has 0 radical (unpaired) electrons. The van der Waals surface area contributed by atoms with Gasteiger partial charge in [0.15, 0.2) is 0 Å². The molecule has 6 heteroatoms. The smallest absolute Gasteiger partial charge is 0.303 e. The maximum absolute atomic E-state index is 13.0. The molecular formula is C18H27N3O3. The molecule has 1 saturated carbocycles. The minimum Gasteiger partial charge on any atom is -0.481 e. The zero-order chi connectivity index (χ0) is 17.1. The van der Waals surface area contributed by atoms with Gasteiger partial charge in [-0.25, -0.2) is 0 Å². The normalized spacial score (nSPS) is 21.0. The lowest BCUT2D eigenvalue weighted by atomic mass is 9.93. The summed E-state index contributed by atoms with van der Waals surface area (Å²) in [4.78, 5) is 25.7. The van der Waals surface area contributed by atoms with Crippen molar-refractivity contribution in [2.75, 3.05) is 13.1 Å². The average molecular weight is 333 g/mol. The first-order valence-corrected chi connectivity index (χ1v) is 9.17. The van der Waals surface area contributed by atoms with Gasteiger partial charge in [-0.15, -0.1) is 0 Å². The fourth-order valence-corrected chi connectivity index (χ4v) is 3.72. The molecule has 1 aromatic rings. The highest BCUT2D eigenvalue weighted by Crippen LogP contribution is 2.42. The molecule has 1 atom stereocenters. The maximum Gasteiger partial charge on any atom is 0.303 e. The van der Waals surface area contributed by atoms with E-state index in [9.17, 15) is 9.59 Å². The van der Waals surface area contributed by atoms with E-state index in [4.69, 9.17) is 5.11 Å². The lowest BCUT2D eigenvalue weighted by molar-refractivity contribution is -0.137. The second kappa shape index (κ2) is 7.36. The lowest BCUT2D eigenvalue weighted by Crippen LogP contribution is -2.40. The zero-order valence-electron chi connectivity index (χ0n) is 14.4. The van der Waals surface area contributed by atoms with E-state index in [0.29, 0.717) is 24.8 Å². The second-order valence-corrected chi connectivity index (χ2v) is 7.13. The van der Waals surface area contributed by atoms with Gasteiger partial charge in [0.05, 0.1) is 17.5 Å². The molecule has 1 aromatic heterocycles. The topological polar surface area (TPSA) is 75.4 Å². The highest BCUT2D eigenvalue weighted by molar-refractivity contribution is 5.95. The summed E-state index contributed by atoms with van der Waals surface area (Å²) in [6.07, 6.45) is 7.87. The number of carboxylic acids is 1. The predicted octanol–water partition coefficient (Wildman–Crippen LogP) is 2.89. The van der Waals surface area contributed by atoms with Crippen LogP contribution in [0.2, 0.25) is 0 Å². The van der Waals surface area contributed by atoms with Gasteiger partial charge < -0.3 is 10.0 Å². The molecule has 1 unspecified atom stereocenters. The van der Waals surface area contributed by atoms with Crippen molar-refractivity contribution in [3.05, 3.63) is 17.5 Å². The van der Waals surface area contributed by atoms with E-state index in [-0.39, 0.29) is 12.3 Å². The van der Waals surface area contributed by atoms with Crippen molar-refractivity contribution in [3.63, 3.8) is 0 Å². The number of aliphatic carboxylic acids is 1. The van der Waals surface area contributed by atoms with Gasteiger partial charge in [0, 0.05) is 32.0 Å². The predicted molar refractivity (Wildman–Crippen MR) is 90.0 cm³/mol. The minimum absolute atomic E-state index is 0.0827. The zero-order valence-corrected chi connectivity index (χ0v) is 14.4. The van der Waals surface area contributed by atoms with Crippen molar-refractivity contribution in [2.24, 2.45) is 5.92 Å². The molecule has 1 amide bonds. The van der Waals surface area contributed by atoms with Crippen LogP contribution in [0, 0.1) is 5.92 Å². The summed E-state index contributed by atoms with van der Waals surface area (Å²) in [7, 11) is 0. The van der Waals surface area contributed by atoms with Crippen LogP contribution in [0.15, 0.2) is 6.20 Å². The lowest BCUT2D eigenvalue weighted by Gasteiger charge is -2.32. The molecule has 3 rings (SSSR count). The first-order valence-electron chi connectivity index (χ1n) is 9.17. The SMILES string of the molecule is CCCn1ncc(C(=O)N2CCCC(CCC(=O)O)C2)c1C1CC1. The monoisotopic (exact) mass is 333 g/mol. The Morgan fingerprint density at radius 1 is 1.33 bits per heavy atom. The van der Waals surface area contributed by atoms with Crippen LogP contribution < -0.4 is 0 Å².